The van der Waals surface area contributed by atoms with Crippen LogP contribution in [0, 0.1) is 5.41 Å². The fraction of sp³-hybridized carbons (Fsp3) is 0.537. The summed E-state index contributed by atoms with van der Waals surface area (Å²) < 4.78 is 12.1. The highest BCUT2D eigenvalue weighted by Crippen LogP contribution is 2.52. The summed E-state index contributed by atoms with van der Waals surface area (Å²) in [5.41, 5.74) is 8.30. The number of ether oxygens (including phenoxy) is 2. The molecule has 3 atom stereocenters. The summed E-state index contributed by atoms with van der Waals surface area (Å²) in [7, 11) is 0. The first-order valence-electron chi connectivity index (χ1n) is 18.5. The van der Waals surface area contributed by atoms with E-state index in [-0.39, 0.29) is 71.3 Å². The van der Waals surface area contributed by atoms with Crippen molar-refractivity contribution in [1.82, 2.24) is 5.32 Å². The SMILES string of the molecule is NCOc1cc(CCC(=O)CC(O)CC(CCc2ccccc2)c2cc(O)c(O)c(OC3CC4(CCCC4)NCC34CCCC4)c2)ccc1O. The number of aliphatic hydroxyl groups is 1. The Kier molecular flexibility index (Phi) is 11.6. The molecule has 0 radical (unpaired) electrons. The maximum Gasteiger partial charge on any atom is 0.200 e. The Bertz CT molecular complexity index is 1580. The Labute approximate surface area is 295 Å². The second-order valence-corrected chi connectivity index (χ2v) is 15.1. The highest BCUT2D eigenvalue weighted by Gasteiger charge is 2.52. The summed E-state index contributed by atoms with van der Waals surface area (Å²) in [6.07, 6.45) is 11.5. The molecule has 1 saturated heterocycles. The number of phenols is 3. The number of aromatic hydroxyl groups is 3. The molecular formula is C41H54N2O7. The molecule has 7 N–H and O–H groups in total. The minimum atomic E-state index is -0.895. The van der Waals surface area contributed by atoms with Crippen LogP contribution in [-0.2, 0) is 17.6 Å². The number of Topliss-reactive ketones (excluding diaryl/α,β-unsaturated/α-hetero) is 1. The fourth-order valence-corrected chi connectivity index (χ4v) is 8.78. The van der Waals surface area contributed by atoms with E-state index in [9.17, 15) is 25.2 Å². The Morgan fingerprint density at radius 3 is 2.36 bits per heavy atom. The second-order valence-electron chi connectivity index (χ2n) is 15.1. The number of hydrogen-bond donors (Lipinski definition) is 6. The van der Waals surface area contributed by atoms with Crippen LogP contribution in [0.3, 0.4) is 0 Å². The first-order chi connectivity index (χ1) is 24.2. The summed E-state index contributed by atoms with van der Waals surface area (Å²) in [6, 6.07) is 18.5. The number of piperidine rings is 1. The van der Waals surface area contributed by atoms with E-state index in [1.807, 2.05) is 24.3 Å². The minimum Gasteiger partial charge on any atom is -0.504 e. The Hall–Kier alpha value is -3.79. The number of phenolic OH excluding ortho intramolecular Hbond substituents is 3. The molecule has 2 saturated carbocycles. The molecule has 1 heterocycles. The van der Waals surface area contributed by atoms with Gasteiger partial charge in [-0.25, -0.2) is 0 Å². The molecule has 2 aliphatic carbocycles. The molecule has 3 aliphatic rings. The normalized spacial score (nSPS) is 20.6. The van der Waals surface area contributed by atoms with E-state index < -0.39 is 6.10 Å². The molecule has 3 aromatic carbocycles. The van der Waals surface area contributed by atoms with Crippen LogP contribution in [-0.4, -0.2) is 57.2 Å². The summed E-state index contributed by atoms with van der Waals surface area (Å²) >= 11 is 0. The lowest BCUT2D eigenvalue weighted by molar-refractivity contribution is -0.121. The minimum absolute atomic E-state index is 0.000816. The van der Waals surface area contributed by atoms with E-state index in [4.69, 9.17) is 15.2 Å². The fourth-order valence-electron chi connectivity index (χ4n) is 8.78. The lowest BCUT2D eigenvalue weighted by Crippen LogP contribution is -2.60. The van der Waals surface area contributed by atoms with E-state index >= 15 is 0 Å². The smallest absolute Gasteiger partial charge is 0.200 e. The van der Waals surface area contributed by atoms with Gasteiger partial charge in [0.15, 0.2) is 23.0 Å². The largest absolute Gasteiger partial charge is 0.504 e. The van der Waals surface area contributed by atoms with E-state index in [1.54, 1.807) is 18.2 Å². The highest BCUT2D eigenvalue weighted by molar-refractivity contribution is 5.79. The van der Waals surface area contributed by atoms with Gasteiger partial charge in [-0.05, 0) is 98.2 Å². The van der Waals surface area contributed by atoms with Crippen LogP contribution in [0.1, 0.15) is 106 Å². The van der Waals surface area contributed by atoms with Gasteiger partial charge in [-0.1, -0.05) is 62.1 Å². The van der Waals surface area contributed by atoms with Crippen molar-refractivity contribution in [3.8, 4) is 28.7 Å². The predicted molar refractivity (Wildman–Crippen MR) is 193 cm³/mol. The monoisotopic (exact) mass is 686 g/mol. The third kappa shape index (κ3) is 8.56. The number of ketones is 1. The number of benzene rings is 3. The zero-order chi connectivity index (χ0) is 35.1. The summed E-state index contributed by atoms with van der Waals surface area (Å²) in [4.78, 5) is 13.0. The molecule has 1 aliphatic heterocycles. The van der Waals surface area contributed by atoms with Crippen molar-refractivity contribution in [2.75, 3.05) is 13.3 Å². The molecule has 9 nitrogen and oxygen atoms in total. The average Bonchev–Trinajstić information content (AvgIpc) is 3.78. The van der Waals surface area contributed by atoms with Crippen molar-refractivity contribution in [3.63, 3.8) is 0 Å². The van der Waals surface area contributed by atoms with Gasteiger partial charge in [0, 0.05) is 36.8 Å². The molecule has 3 aromatic rings. The molecule has 0 bridgehead atoms. The number of aliphatic hydroxyl groups excluding tert-OH is 1. The van der Waals surface area contributed by atoms with Gasteiger partial charge in [0.05, 0.1) is 6.10 Å². The Morgan fingerprint density at radius 2 is 1.62 bits per heavy atom. The molecule has 0 amide bonds. The second kappa shape index (κ2) is 16.0. The van der Waals surface area contributed by atoms with E-state index in [2.05, 4.69) is 17.4 Å². The van der Waals surface area contributed by atoms with Crippen LogP contribution >= 0.6 is 0 Å². The molecule has 50 heavy (non-hydrogen) atoms. The number of nitrogens with one attached hydrogen (secondary N) is 1. The molecule has 2 spiro atoms. The van der Waals surface area contributed by atoms with Crippen LogP contribution in [0.25, 0.3) is 0 Å². The van der Waals surface area contributed by atoms with Crippen molar-refractivity contribution in [1.29, 1.82) is 0 Å². The maximum atomic E-state index is 13.0. The van der Waals surface area contributed by atoms with Crippen LogP contribution in [0.4, 0.5) is 0 Å². The molecule has 6 rings (SSSR count). The zero-order valence-corrected chi connectivity index (χ0v) is 29.1. The number of hydrogen-bond acceptors (Lipinski definition) is 9. The molecule has 0 aromatic heterocycles. The van der Waals surface area contributed by atoms with E-state index in [0.717, 1.165) is 61.8 Å². The van der Waals surface area contributed by atoms with Gasteiger partial charge in [-0.2, -0.15) is 0 Å². The van der Waals surface area contributed by atoms with Crippen LogP contribution in [0.5, 0.6) is 28.7 Å². The average molecular weight is 687 g/mol. The van der Waals surface area contributed by atoms with Gasteiger partial charge < -0.3 is 35.2 Å². The number of rotatable bonds is 15. The molecule has 3 fully saturated rings. The topological polar surface area (TPSA) is 154 Å². The Morgan fingerprint density at radius 1 is 0.880 bits per heavy atom. The lowest BCUT2D eigenvalue weighted by atomic mass is 9.70. The number of carbonyl (C=O) groups is 1. The third-order valence-corrected chi connectivity index (χ3v) is 11.7. The first kappa shape index (κ1) is 36.0. The standard InChI is InChI=1S/C41H54N2O7/c42-27-49-36-20-29(12-15-34(36)46)11-14-32(44)24-33(45)21-30(13-10-28-8-2-1-3-9-28)31-22-35(47)39(48)37(23-31)50-38-25-41(18-6-7-19-41)43-26-40(38)16-4-5-17-40/h1-3,8-9,12,15,20,22-23,30,33,38,43,45-48H,4-7,10-11,13-14,16-19,21,24-27,42H2. The van der Waals surface area contributed by atoms with E-state index in [1.165, 1.54) is 31.7 Å². The van der Waals surface area contributed by atoms with Crippen molar-refractivity contribution in [3.05, 3.63) is 77.4 Å². The first-order valence-corrected chi connectivity index (χ1v) is 18.5. The van der Waals surface area contributed by atoms with Gasteiger partial charge in [-0.3, -0.25) is 10.5 Å². The zero-order valence-electron chi connectivity index (χ0n) is 29.1. The van der Waals surface area contributed by atoms with Gasteiger partial charge in [0.2, 0.25) is 5.75 Å². The van der Waals surface area contributed by atoms with Crippen molar-refractivity contribution >= 4 is 5.78 Å². The molecule has 3 unspecified atom stereocenters. The quantitative estimate of drug-likeness (QED) is 0.0751. The van der Waals surface area contributed by atoms with Crippen molar-refractivity contribution in [2.24, 2.45) is 11.1 Å². The van der Waals surface area contributed by atoms with E-state index in [0.29, 0.717) is 25.0 Å². The summed E-state index contributed by atoms with van der Waals surface area (Å²) in [5, 5.41) is 47.3. The van der Waals surface area contributed by atoms with Crippen LogP contribution < -0.4 is 20.5 Å². The predicted octanol–water partition coefficient (Wildman–Crippen LogP) is 6.77. The summed E-state index contributed by atoms with van der Waals surface area (Å²) in [5.74, 6) is -0.182. The van der Waals surface area contributed by atoms with Gasteiger partial charge >= 0.3 is 0 Å². The highest BCUT2D eigenvalue weighted by atomic mass is 16.5. The van der Waals surface area contributed by atoms with Crippen LogP contribution in [0.15, 0.2) is 60.7 Å². The molecule has 270 valence electrons. The van der Waals surface area contributed by atoms with Crippen LogP contribution in [0.2, 0.25) is 0 Å². The summed E-state index contributed by atoms with van der Waals surface area (Å²) in [6.45, 7) is 0.846. The van der Waals surface area contributed by atoms with Crippen molar-refractivity contribution in [2.45, 2.75) is 120 Å². The van der Waals surface area contributed by atoms with Crippen molar-refractivity contribution < 1.29 is 34.7 Å². The number of carbonyl (C=O) groups excluding carboxylic acids is 1. The molecular weight excluding hydrogens is 632 g/mol. The molecule has 9 heteroatoms. The maximum absolute atomic E-state index is 13.0. The number of aryl methyl sites for hydroxylation is 2. The van der Waals surface area contributed by atoms with Gasteiger partial charge in [0.25, 0.3) is 0 Å². The lowest BCUT2D eigenvalue weighted by Gasteiger charge is -2.49. The number of nitrogens with two attached hydrogens (primary N) is 1. The Balaban J connectivity index is 1.18. The third-order valence-electron chi connectivity index (χ3n) is 11.7. The van der Waals surface area contributed by atoms with Gasteiger partial charge in [0.1, 0.15) is 18.6 Å². The van der Waals surface area contributed by atoms with Gasteiger partial charge in [-0.15, -0.1) is 0 Å².